The number of Topliss-reactive ketones (excluding diaryl/α,β-unsaturated/α-hetero) is 1. The molecule has 2 aromatic carbocycles. The first-order valence-electron chi connectivity index (χ1n) is 8.00. The Labute approximate surface area is 157 Å². The predicted molar refractivity (Wildman–Crippen MR) is 103 cm³/mol. The summed E-state index contributed by atoms with van der Waals surface area (Å²) in [6, 6.07) is 13.8. The van der Waals surface area contributed by atoms with E-state index in [9.17, 15) is 14.4 Å². The van der Waals surface area contributed by atoms with E-state index in [1.54, 1.807) is 48.5 Å². The minimum Gasteiger partial charge on any atom is -0.376 e. The number of carbonyl (C=O) groups is 3. The van der Waals surface area contributed by atoms with Gasteiger partial charge in [0.05, 0.1) is 23.8 Å². The summed E-state index contributed by atoms with van der Waals surface area (Å²) in [7, 11) is 1.53. The third-order valence-electron chi connectivity index (χ3n) is 3.69. The largest absolute Gasteiger partial charge is 0.376 e. The Morgan fingerprint density at radius 2 is 1.62 bits per heavy atom. The van der Waals surface area contributed by atoms with Crippen molar-refractivity contribution >= 4 is 40.6 Å². The van der Waals surface area contributed by atoms with Gasteiger partial charge in [-0.1, -0.05) is 35.9 Å². The van der Waals surface area contributed by atoms with Gasteiger partial charge in [0.25, 0.3) is 0 Å². The number of hydrogen-bond donors (Lipinski definition) is 2. The van der Waals surface area contributed by atoms with E-state index in [0.717, 1.165) is 0 Å². The van der Waals surface area contributed by atoms with Gasteiger partial charge in [-0.25, -0.2) is 0 Å². The van der Waals surface area contributed by atoms with Gasteiger partial charge in [0.2, 0.25) is 11.8 Å². The minimum atomic E-state index is -0.349. The first-order valence-corrected chi connectivity index (χ1v) is 8.38. The number of hydrogen-bond acceptors (Lipinski definition) is 4. The SMILES string of the molecule is CC(=O)c1ccccc1NCC(=O)N(C)CC(=O)Nc1ccccc1Cl. The topological polar surface area (TPSA) is 78.5 Å². The number of rotatable bonds is 7. The van der Waals surface area contributed by atoms with Gasteiger partial charge in [-0.15, -0.1) is 0 Å². The summed E-state index contributed by atoms with van der Waals surface area (Å²) < 4.78 is 0. The molecule has 2 aromatic rings. The van der Waals surface area contributed by atoms with Crippen LogP contribution in [0.15, 0.2) is 48.5 Å². The summed E-state index contributed by atoms with van der Waals surface area (Å²) in [6.45, 7) is 1.33. The fourth-order valence-electron chi connectivity index (χ4n) is 2.31. The summed E-state index contributed by atoms with van der Waals surface area (Å²) >= 11 is 5.99. The molecule has 0 heterocycles. The van der Waals surface area contributed by atoms with Crippen LogP contribution in [-0.2, 0) is 9.59 Å². The van der Waals surface area contributed by atoms with Crippen molar-refractivity contribution in [2.75, 3.05) is 30.8 Å². The second kappa shape index (κ2) is 9.01. The maximum Gasteiger partial charge on any atom is 0.244 e. The third kappa shape index (κ3) is 5.32. The molecule has 2 amide bonds. The molecule has 0 saturated carbocycles. The van der Waals surface area contributed by atoms with Gasteiger partial charge >= 0.3 is 0 Å². The van der Waals surface area contributed by atoms with Crippen LogP contribution < -0.4 is 10.6 Å². The van der Waals surface area contributed by atoms with E-state index in [4.69, 9.17) is 11.6 Å². The average molecular weight is 374 g/mol. The van der Waals surface area contributed by atoms with Crippen LogP contribution in [0.3, 0.4) is 0 Å². The number of carbonyl (C=O) groups excluding carboxylic acids is 3. The second-order valence-electron chi connectivity index (χ2n) is 5.73. The van der Waals surface area contributed by atoms with Crippen molar-refractivity contribution < 1.29 is 14.4 Å². The number of para-hydroxylation sites is 2. The maximum absolute atomic E-state index is 12.2. The molecular weight excluding hydrogens is 354 g/mol. The molecule has 0 radical (unpaired) electrons. The van der Waals surface area contributed by atoms with Crippen molar-refractivity contribution in [1.82, 2.24) is 4.90 Å². The quantitative estimate of drug-likeness (QED) is 0.731. The lowest BCUT2D eigenvalue weighted by Crippen LogP contribution is -2.38. The van der Waals surface area contributed by atoms with Crippen LogP contribution in [0.4, 0.5) is 11.4 Å². The first kappa shape index (κ1) is 19.5. The van der Waals surface area contributed by atoms with Crippen LogP contribution in [-0.4, -0.2) is 42.6 Å². The Bertz CT molecular complexity index is 823. The van der Waals surface area contributed by atoms with E-state index < -0.39 is 0 Å². The molecular formula is C19H20ClN3O3. The molecule has 0 spiro atoms. The van der Waals surface area contributed by atoms with Crippen LogP contribution in [0.2, 0.25) is 5.02 Å². The van der Waals surface area contributed by atoms with Crippen molar-refractivity contribution in [3.63, 3.8) is 0 Å². The summed E-state index contributed by atoms with van der Waals surface area (Å²) in [5.41, 5.74) is 1.59. The van der Waals surface area contributed by atoms with Crippen molar-refractivity contribution in [2.45, 2.75) is 6.92 Å². The van der Waals surface area contributed by atoms with Crippen LogP contribution in [0, 0.1) is 0 Å². The molecule has 0 bridgehead atoms. The lowest BCUT2D eigenvalue weighted by molar-refractivity contribution is -0.131. The molecule has 0 unspecified atom stereocenters. The molecule has 2 N–H and O–H groups in total. The van der Waals surface area contributed by atoms with E-state index in [1.165, 1.54) is 18.9 Å². The zero-order valence-corrected chi connectivity index (χ0v) is 15.3. The highest BCUT2D eigenvalue weighted by Gasteiger charge is 2.15. The van der Waals surface area contributed by atoms with E-state index >= 15 is 0 Å². The monoisotopic (exact) mass is 373 g/mol. The number of nitrogens with zero attached hydrogens (tertiary/aromatic N) is 1. The standard InChI is InChI=1S/C19H20ClN3O3/c1-13(24)14-7-3-5-9-16(14)21-11-19(26)23(2)12-18(25)22-17-10-6-4-8-15(17)20/h3-10,21H,11-12H2,1-2H3,(H,22,25). The number of nitrogens with one attached hydrogen (secondary N) is 2. The van der Waals surface area contributed by atoms with Crippen molar-refractivity contribution in [3.05, 3.63) is 59.1 Å². The number of anilines is 2. The van der Waals surface area contributed by atoms with Gasteiger partial charge in [-0.3, -0.25) is 14.4 Å². The molecule has 2 rings (SSSR count). The normalized spacial score (nSPS) is 10.1. The second-order valence-corrected chi connectivity index (χ2v) is 6.14. The molecule has 0 fully saturated rings. The molecule has 0 saturated heterocycles. The zero-order chi connectivity index (χ0) is 19.1. The Balaban J connectivity index is 1.89. The van der Waals surface area contributed by atoms with Crippen LogP contribution in [0.5, 0.6) is 0 Å². The van der Waals surface area contributed by atoms with Gasteiger partial charge in [0.1, 0.15) is 0 Å². The Hall–Kier alpha value is -2.86. The summed E-state index contributed by atoms with van der Waals surface area (Å²) in [5.74, 6) is -0.719. The number of ketones is 1. The highest BCUT2D eigenvalue weighted by Crippen LogP contribution is 2.20. The molecule has 26 heavy (non-hydrogen) atoms. The van der Waals surface area contributed by atoms with E-state index in [0.29, 0.717) is 22.0 Å². The van der Waals surface area contributed by atoms with Crippen molar-refractivity contribution in [3.8, 4) is 0 Å². The molecule has 6 nitrogen and oxygen atoms in total. The van der Waals surface area contributed by atoms with Crippen molar-refractivity contribution in [2.24, 2.45) is 0 Å². The van der Waals surface area contributed by atoms with Gasteiger partial charge in [-0.2, -0.15) is 0 Å². The van der Waals surface area contributed by atoms with Gasteiger partial charge < -0.3 is 15.5 Å². The van der Waals surface area contributed by atoms with E-state index in [1.807, 2.05) is 0 Å². The van der Waals surface area contributed by atoms with Crippen molar-refractivity contribution in [1.29, 1.82) is 0 Å². The Kier molecular flexibility index (Phi) is 6.74. The number of halogens is 1. The summed E-state index contributed by atoms with van der Waals surface area (Å²) in [5, 5.41) is 6.03. The minimum absolute atomic E-state index is 0.0276. The Morgan fingerprint density at radius 3 is 2.27 bits per heavy atom. The zero-order valence-electron chi connectivity index (χ0n) is 14.6. The number of amides is 2. The molecule has 0 atom stereocenters. The number of likely N-dealkylation sites (N-methyl/N-ethyl adjacent to an activating group) is 1. The fourth-order valence-corrected chi connectivity index (χ4v) is 2.49. The lowest BCUT2D eigenvalue weighted by Gasteiger charge is -2.18. The third-order valence-corrected chi connectivity index (χ3v) is 4.02. The van der Waals surface area contributed by atoms with E-state index in [-0.39, 0.29) is 30.7 Å². The van der Waals surface area contributed by atoms with Gasteiger partial charge in [0, 0.05) is 18.3 Å². The highest BCUT2D eigenvalue weighted by atomic mass is 35.5. The first-order chi connectivity index (χ1) is 12.4. The lowest BCUT2D eigenvalue weighted by atomic mass is 10.1. The molecule has 7 heteroatoms. The average Bonchev–Trinajstić information content (AvgIpc) is 2.61. The van der Waals surface area contributed by atoms with E-state index in [2.05, 4.69) is 10.6 Å². The molecule has 136 valence electrons. The predicted octanol–water partition coefficient (Wildman–Crippen LogP) is 3.05. The van der Waals surface area contributed by atoms with Crippen LogP contribution in [0.1, 0.15) is 17.3 Å². The number of benzene rings is 2. The fraction of sp³-hybridized carbons (Fsp3) is 0.211. The van der Waals surface area contributed by atoms with Gasteiger partial charge in [0.15, 0.2) is 5.78 Å². The van der Waals surface area contributed by atoms with Crippen LogP contribution >= 0.6 is 11.6 Å². The Morgan fingerprint density at radius 1 is 1.00 bits per heavy atom. The molecule has 0 aromatic heterocycles. The van der Waals surface area contributed by atoms with Crippen LogP contribution in [0.25, 0.3) is 0 Å². The highest BCUT2D eigenvalue weighted by molar-refractivity contribution is 6.33. The summed E-state index contributed by atoms with van der Waals surface area (Å²) in [6.07, 6.45) is 0. The summed E-state index contributed by atoms with van der Waals surface area (Å²) in [4.78, 5) is 37.2. The maximum atomic E-state index is 12.2. The smallest absolute Gasteiger partial charge is 0.244 e. The molecule has 0 aliphatic carbocycles. The molecule has 0 aliphatic heterocycles. The molecule has 0 aliphatic rings. The van der Waals surface area contributed by atoms with Gasteiger partial charge in [-0.05, 0) is 31.2 Å².